The van der Waals surface area contributed by atoms with Gasteiger partial charge < -0.3 is 15.0 Å². The minimum Gasteiger partial charge on any atom is -0.364 e. The second-order valence-corrected chi connectivity index (χ2v) is 3.46. The number of nitrogens with two attached hydrogens (primary N) is 1. The standard InChI is InChI=1S/C9H15N3O2/c1-2-8-11-9(14-12-8)7-4-3-6(5-10)13-7/h6-7H,2-5,10H2,1H3/t6-,7+/m1/s1. The van der Waals surface area contributed by atoms with E-state index >= 15 is 0 Å². The van der Waals surface area contributed by atoms with Gasteiger partial charge in [0, 0.05) is 13.0 Å². The van der Waals surface area contributed by atoms with Gasteiger partial charge in [0.15, 0.2) is 5.82 Å². The Kier molecular flexibility index (Phi) is 2.79. The molecule has 1 aliphatic rings. The minimum atomic E-state index is -0.0450. The highest BCUT2D eigenvalue weighted by Gasteiger charge is 2.29. The van der Waals surface area contributed by atoms with Crippen molar-refractivity contribution in [1.29, 1.82) is 0 Å². The monoisotopic (exact) mass is 197 g/mol. The van der Waals surface area contributed by atoms with Gasteiger partial charge >= 0.3 is 0 Å². The van der Waals surface area contributed by atoms with Gasteiger partial charge in [-0.25, -0.2) is 0 Å². The molecule has 0 saturated carbocycles. The summed E-state index contributed by atoms with van der Waals surface area (Å²) < 4.78 is 10.7. The summed E-state index contributed by atoms with van der Waals surface area (Å²) in [5.41, 5.74) is 5.51. The number of rotatable bonds is 3. The van der Waals surface area contributed by atoms with Crippen LogP contribution in [0.1, 0.15) is 37.6 Å². The third kappa shape index (κ3) is 1.78. The number of ether oxygens (including phenoxy) is 1. The molecule has 1 aromatic rings. The lowest BCUT2D eigenvalue weighted by molar-refractivity contribution is 0.0307. The lowest BCUT2D eigenvalue weighted by atomic mass is 10.2. The number of nitrogens with zero attached hydrogens (tertiary/aromatic N) is 2. The smallest absolute Gasteiger partial charge is 0.255 e. The molecule has 0 spiro atoms. The number of hydrogen-bond acceptors (Lipinski definition) is 5. The van der Waals surface area contributed by atoms with Crippen LogP contribution >= 0.6 is 0 Å². The molecule has 1 aromatic heterocycles. The van der Waals surface area contributed by atoms with Crippen LogP contribution in [0.2, 0.25) is 0 Å². The predicted molar refractivity (Wildman–Crippen MR) is 49.6 cm³/mol. The van der Waals surface area contributed by atoms with E-state index < -0.39 is 0 Å². The summed E-state index contributed by atoms with van der Waals surface area (Å²) in [6.45, 7) is 2.55. The molecule has 5 nitrogen and oxygen atoms in total. The van der Waals surface area contributed by atoms with Gasteiger partial charge in [0.2, 0.25) is 0 Å². The number of hydrogen-bond donors (Lipinski definition) is 1. The van der Waals surface area contributed by atoms with E-state index in [4.69, 9.17) is 15.0 Å². The zero-order valence-corrected chi connectivity index (χ0v) is 8.27. The van der Waals surface area contributed by atoms with Crippen molar-refractivity contribution in [2.45, 2.75) is 38.4 Å². The van der Waals surface area contributed by atoms with Crippen molar-refractivity contribution in [3.8, 4) is 0 Å². The van der Waals surface area contributed by atoms with E-state index in [1.165, 1.54) is 0 Å². The van der Waals surface area contributed by atoms with Gasteiger partial charge in [-0.15, -0.1) is 0 Å². The predicted octanol–water partition coefficient (Wildman–Crippen LogP) is 0.811. The van der Waals surface area contributed by atoms with Gasteiger partial charge in [-0.05, 0) is 12.8 Å². The molecule has 0 radical (unpaired) electrons. The van der Waals surface area contributed by atoms with Gasteiger partial charge in [-0.2, -0.15) is 4.98 Å². The summed E-state index contributed by atoms with van der Waals surface area (Å²) in [7, 11) is 0. The topological polar surface area (TPSA) is 74.2 Å². The van der Waals surface area contributed by atoms with E-state index in [9.17, 15) is 0 Å². The van der Waals surface area contributed by atoms with Gasteiger partial charge in [-0.3, -0.25) is 0 Å². The van der Waals surface area contributed by atoms with Gasteiger partial charge in [-0.1, -0.05) is 12.1 Å². The van der Waals surface area contributed by atoms with Gasteiger partial charge in [0.1, 0.15) is 6.10 Å². The largest absolute Gasteiger partial charge is 0.364 e. The lowest BCUT2D eigenvalue weighted by Crippen LogP contribution is -2.18. The van der Waals surface area contributed by atoms with Crippen molar-refractivity contribution in [3.63, 3.8) is 0 Å². The first-order chi connectivity index (χ1) is 6.83. The molecule has 1 aliphatic heterocycles. The molecule has 2 heterocycles. The van der Waals surface area contributed by atoms with Crippen LogP contribution in [0.25, 0.3) is 0 Å². The quantitative estimate of drug-likeness (QED) is 0.776. The van der Waals surface area contributed by atoms with Crippen LogP contribution in [0.15, 0.2) is 4.52 Å². The Morgan fingerprint density at radius 1 is 1.50 bits per heavy atom. The van der Waals surface area contributed by atoms with Gasteiger partial charge in [0.25, 0.3) is 5.89 Å². The summed E-state index contributed by atoms with van der Waals surface area (Å²) >= 11 is 0. The Balaban J connectivity index is 2.02. The molecule has 78 valence electrons. The van der Waals surface area contributed by atoms with Crippen LogP contribution < -0.4 is 5.73 Å². The summed E-state index contributed by atoms with van der Waals surface area (Å²) in [5.74, 6) is 1.33. The summed E-state index contributed by atoms with van der Waals surface area (Å²) in [5, 5.41) is 3.83. The highest BCUT2D eigenvalue weighted by molar-refractivity contribution is 4.93. The molecule has 0 amide bonds. The van der Waals surface area contributed by atoms with Crippen LogP contribution in [0.4, 0.5) is 0 Å². The first-order valence-electron chi connectivity index (χ1n) is 5.01. The Morgan fingerprint density at radius 2 is 2.36 bits per heavy atom. The molecule has 0 bridgehead atoms. The van der Waals surface area contributed by atoms with Crippen molar-refractivity contribution in [1.82, 2.24) is 10.1 Å². The van der Waals surface area contributed by atoms with E-state index in [0.717, 1.165) is 25.1 Å². The molecule has 2 rings (SSSR count). The number of aromatic nitrogens is 2. The van der Waals surface area contributed by atoms with Gasteiger partial charge in [0.05, 0.1) is 6.10 Å². The maximum Gasteiger partial charge on any atom is 0.255 e. The maximum absolute atomic E-state index is 5.63. The third-order valence-corrected chi connectivity index (χ3v) is 2.45. The zero-order valence-electron chi connectivity index (χ0n) is 8.27. The Labute approximate surface area is 82.6 Å². The van der Waals surface area contributed by atoms with Crippen molar-refractivity contribution in [3.05, 3.63) is 11.7 Å². The molecule has 0 unspecified atom stereocenters. The Morgan fingerprint density at radius 3 is 2.93 bits per heavy atom. The van der Waals surface area contributed by atoms with E-state index in [1.54, 1.807) is 0 Å². The van der Waals surface area contributed by atoms with Crippen molar-refractivity contribution < 1.29 is 9.26 Å². The van der Waals surface area contributed by atoms with Crippen molar-refractivity contribution in [2.24, 2.45) is 5.73 Å². The molecule has 0 aromatic carbocycles. The van der Waals surface area contributed by atoms with E-state index in [-0.39, 0.29) is 12.2 Å². The zero-order chi connectivity index (χ0) is 9.97. The fourth-order valence-electron chi connectivity index (χ4n) is 1.60. The van der Waals surface area contributed by atoms with Crippen LogP contribution in [0.5, 0.6) is 0 Å². The molecule has 5 heteroatoms. The van der Waals surface area contributed by atoms with Crippen LogP contribution in [-0.2, 0) is 11.2 Å². The summed E-state index contributed by atoms with van der Waals surface area (Å²) in [6.07, 6.45) is 2.79. The van der Waals surface area contributed by atoms with E-state index in [0.29, 0.717) is 12.4 Å². The first-order valence-corrected chi connectivity index (χ1v) is 5.01. The van der Waals surface area contributed by atoms with Crippen molar-refractivity contribution in [2.75, 3.05) is 6.54 Å². The van der Waals surface area contributed by atoms with Crippen LogP contribution in [0, 0.1) is 0 Å². The minimum absolute atomic E-state index is 0.0450. The molecule has 14 heavy (non-hydrogen) atoms. The molecule has 1 saturated heterocycles. The molecule has 1 fully saturated rings. The fraction of sp³-hybridized carbons (Fsp3) is 0.778. The molecular weight excluding hydrogens is 182 g/mol. The first kappa shape index (κ1) is 9.61. The second-order valence-electron chi connectivity index (χ2n) is 3.46. The van der Waals surface area contributed by atoms with Crippen LogP contribution in [0.3, 0.4) is 0 Å². The highest BCUT2D eigenvalue weighted by atomic mass is 16.5. The average molecular weight is 197 g/mol. The maximum atomic E-state index is 5.63. The van der Waals surface area contributed by atoms with E-state index in [2.05, 4.69) is 10.1 Å². The third-order valence-electron chi connectivity index (χ3n) is 2.45. The Hall–Kier alpha value is -0.940. The van der Waals surface area contributed by atoms with Crippen LogP contribution in [-0.4, -0.2) is 22.8 Å². The average Bonchev–Trinajstić information content (AvgIpc) is 2.86. The second kappa shape index (κ2) is 4.06. The SMILES string of the molecule is CCc1noc([C@@H]2CC[C@H](CN)O2)n1. The number of aryl methyl sites for hydroxylation is 1. The highest BCUT2D eigenvalue weighted by Crippen LogP contribution is 2.31. The van der Waals surface area contributed by atoms with E-state index in [1.807, 2.05) is 6.92 Å². The lowest BCUT2D eigenvalue weighted by Gasteiger charge is -2.07. The molecule has 0 aliphatic carbocycles. The molecule has 2 atom stereocenters. The summed E-state index contributed by atoms with van der Waals surface area (Å²) in [6, 6.07) is 0. The molecular formula is C9H15N3O2. The molecule has 2 N–H and O–H groups in total. The van der Waals surface area contributed by atoms with Crippen molar-refractivity contribution >= 4 is 0 Å². The Bertz CT molecular complexity index is 300. The fourth-order valence-corrected chi connectivity index (χ4v) is 1.60. The normalized spacial score (nSPS) is 27.0. The summed E-state index contributed by atoms with van der Waals surface area (Å²) in [4.78, 5) is 4.24.